The van der Waals surface area contributed by atoms with E-state index < -0.39 is 0 Å². The Morgan fingerprint density at radius 3 is 3.06 bits per heavy atom. The average molecular weight is 280 g/mol. The van der Waals surface area contributed by atoms with Gasteiger partial charge in [-0.2, -0.15) is 0 Å². The van der Waals surface area contributed by atoms with E-state index in [2.05, 4.69) is 20.9 Å². The van der Waals surface area contributed by atoms with E-state index in [1.165, 1.54) is 6.20 Å². The second-order valence-electron chi connectivity index (χ2n) is 3.25. The fourth-order valence-electron chi connectivity index (χ4n) is 1.44. The smallest absolute Gasteiger partial charge is 0.339 e. The number of carbonyl (C=O) groups is 1. The van der Waals surface area contributed by atoms with Crippen LogP contribution >= 0.6 is 15.9 Å². The van der Waals surface area contributed by atoms with Gasteiger partial charge in [-0.25, -0.2) is 4.79 Å². The van der Waals surface area contributed by atoms with Gasteiger partial charge in [0.15, 0.2) is 0 Å². The van der Waals surface area contributed by atoms with Crippen LogP contribution in [0.1, 0.15) is 17.3 Å². The van der Waals surface area contributed by atoms with E-state index in [0.29, 0.717) is 12.2 Å². The molecule has 3 nitrogen and oxygen atoms in total. The van der Waals surface area contributed by atoms with Crippen molar-refractivity contribution in [1.82, 2.24) is 4.98 Å². The minimum absolute atomic E-state index is 0.340. The van der Waals surface area contributed by atoms with Gasteiger partial charge in [-0.15, -0.1) is 0 Å². The molecule has 0 saturated heterocycles. The van der Waals surface area contributed by atoms with Crippen molar-refractivity contribution in [3.05, 3.63) is 40.5 Å². The van der Waals surface area contributed by atoms with Gasteiger partial charge in [-0.05, 0) is 25.1 Å². The first-order valence-electron chi connectivity index (χ1n) is 4.93. The standard InChI is InChI=1S/C12H10BrNO2/c1-2-16-12(15)8-6-9-10(13)4-3-5-11(9)14-7-8/h3-7H,2H2,1H3. The largest absolute Gasteiger partial charge is 0.462 e. The van der Waals surface area contributed by atoms with Gasteiger partial charge < -0.3 is 4.74 Å². The Morgan fingerprint density at radius 2 is 2.31 bits per heavy atom. The first kappa shape index (κ1) is 11.1. The number of pyridine rings is 1. The van der Waals surface area contributed by atoms with Crippen LogP contribution in [0.25, 0.3) is 10.9 Å². The van der Waals surface area contributed by atoms with Gasteiger partial charge in [0.25, 0.3) is 0 Å². The lowest BCUT2D eigenvalue weighted by molar-refractivity contribution is 0.0526. The quantitative estimate of drug-likeness (QED) is 0.793. The number of hydrogen-bond acceptors (Lipinski definition) is 3. The van der Waals surface area contributed by atoms with Gasteiger partial charge in [0.1, 0.15) is 0 Å². The van der Waals surface area contributed by atoms with Crippen LogP contribution in [-0.2, 0) is 4.74 Å². The van der Waals surface area contributed by atoms with Gasteiger partial charge in [0.05, 0.1) is 17.7 Å². The zero-order chi connectivity index (χ0) is 11.5. The Kier molecular flexibility index (Phi) is 3.19. The normalized spacial score (nSPS) is 10.4. The Bertz CT molecular complexity index is 540. The molecule has 1 aromatic heterocycles. The van der Waals surface area contributed by atoms with Crippen molar-refractivity contribution in [3.63, 3.8) is 0 Å². The van der Waals surface area contributed by atoms with Crippen LogP contribution in [-0.4, -0.2) is 17.6 Å². The molecule has 0 radical (unpaired) electrons. The number of aromatic nitrogens is 1. The second-order valence-corrected chi connectivity index (χ2v) is 4.11. The maximum Gasteiger partial charge on any atom is 0.339 e. The predicted octanol–water partition coefficient (Wildman–Crippen LogP) is 3.17. The van der Waals surface area contributed by atoms with E-state index >= 15 is 0 Å². The van der Waals surface area contributed by atoms with Gasteiger partial charge >= 0.3 is 5.97 Å². The second kappa shape index (κ2) is 4.61. The summed E-state index contributed by atoms with van der Waals surface area (Å²) < 4.78 is 5.84. The van der Waals surface area contributed by atoms with Crippen LogP contribution in [0.15, 0.2) is 34.9 Å². The Labute approximate surface area is 102 Å². The molecule has 0 atom stereocenters. The monoisotopic (exact) mass is 279 g/mol. The molecule has 1 heterocycles. The Hall–Kier alpha value is -1.42. The van der Waals surface area contributed by atoms with Gasteiger partial charge in [-0.1, -0.05) is 22.0 Å². The van der Waals surface area contributed by atoms with Crippen molar-refractivity contribution in [2.24, 2.45) is 0 Å². The van der Waals surface area contributed by atoms with Gasteiger partial charge in [-0.3, -0.25) is 4.98 Å². The highest BCUT2D eigenvalue weighted by molar-refractivity contribution is 9.10. The first-order chi connectivity index (χ1) is 7.72. The summed E-state index contributed by atoms with van der Waals surface area (Å²) in [5.41, 5.74) is 1.32. The molecule has 0 amide bonds. The minimum atomic E-state index is -0.340. The minimum Gasteiger partial charge on any atom is -0.462 e. The summed E-state index contributed by atoms with van der Waals surface area (Å²) in [5, 5.41) is 0.910. The summed E-state index contributed by atoms with van der Waals surface area (Å²) in [7, 11) is 0. The number of esters is 1. The fraction of sp³-hybridized carbons (Fsp3) is 0.167. The molecule has 0 N–H and O–H groups in total. The van der Waals surface area contributed by atoms with E-state index in [1.807, 2.05) is 18.2 Å². The lowest BCUT2D eigenvalue weighted by atomic mass is 10.1. The van der Waals surface area contributed by atoms with Crippen LogP contribution in [0.5, 0.6) is 0 Å². The topological polar surface area (TPSA) is 39.2 Å². The van der Waals surface area contributed by atoms with Crippen molar-refractivity contribution in [3.8, 4) is 0 Å². The van der Waals surface area contributed by atoms with Gasteiger partial charge in [0, 0.05) is 16.1 Å². The number of fused-ring (bicyclic) bond motifs is 1. The molecule has 16 heavy (non-hydrogen) atoms. The van der Waals surface area contributed by atoms with Crippen molar-refractivity contribution in [2.45, 2.75) is 6.92 Å². The molecule has 0 saturated carbocycles. The van der Waals surface area contributed by atoms with Crippen LogP contribution in [0.3, 0.4) is 0 Å². The van der Waals surface area contributed by atoms with Crippen molar-refractivity contribution < 1.29 is 9.53 Å². The number of nitrogens with zero attached hydrogens (tertiary/aromatic N) is 1. The van der Waals surface area contributed by atoms with E-state index in [0.717, 1.165) is 15.4 Å². The molecule has 0 aliphatic carbocycles. The molecular weight excluding hydrogens is 270 g/mol. The maximum atomic E-state index is 11.5. The molecule has 1 aromatic carbocycles. The predicted molar refractivity (Wildman–Crippen MR) is 65.4 cm³/mol. The molecule has 0 fully saturated rings. The fourth-order valence-corrected chi connectivity index (χ4v) is 1.91. The van der Waals surface area contributed by atoms with Crippen LogP contribution in [0.2, 0.25) is 0 Å². The first-order valence-corrected chi connectivity index (χ1v) is 5.73. The molecule has 82 valence electrons. The summed E-state index contributed by atoms with van der Waals surface area (Å²) >= 11 is 3.43. The third-order valence-electron chi connectivity index (χ3n) is 2.18. The molecular formula is C12H10BrNO2. The summed E-state index contributed by atoms with van der Waals surface area (Å²) in [4.78, 5) is 15.7. The summed E-state index contributed by atoms with van der Waals surface area (Å²) in [6.45, 7) is 2.15. The third-order valence-corrected chi connectivity index (χ3v) is 2.88. The zero-order valence-corrected chi connectivity index (χ0v) is 10.3. The van der Waals surface area contributed by atoms with Gasteiger partial charge in [0.2, 0.25) is 0 Å². The van der Waals surface area contributed by atoms with E-state index in [4.69, 9.17) is 4.74 Å². The molecule has 0 aliphatic heterocycles. The third kappa shape index (κ3) is 2.07. The van der Waals surface area contributed by atoms with Crippen LogP contribution in [0, 0.1) is 0 Å². The number of ether oxygens (including phenoxy) is 1. The molecule has 0 unspecified atom stereocenters. The lowest BCUT2D eigenvalue weighted by Gasteiger charge is -2.04. The van der Waals surface area contributed by atoms with Crippen molar-refractivity contribution >= 4 is 32.8 Å². The average Bonchev–Trinajstić information content (AvgIpc) is 2.29. The van der Waals surface area contributed by atoms with Crippen LogP contribution in [0.4, 0.5) is 0 Å². The number of halogens is 1. The highest BCUT2D eigenvalue weighted by Gasteiger charge is 2.08. The highest BCUT2D eigenvalue weighted by Crippen LogP contribution is 2.23. The van der Waals surface area contributed by atoms with E-state index in [-0.39, 0.29) is 5.97 Å². The molecule has 0 bridgehead atoms. The van der Waals surface area contributed by atoms with Crippen molar-refractivity contribution in [1.29, 1.82) is 0 Å². The Balaban J connectivity index is 2.51. The van der Waals surface area contributed by atoms with Crippen LogP contribution < -0.4 is 0 Å². The molecule has 0 spiro atoms. The zero-order valence-electron chi connectivity index (χ0n) is 8.74. The van der Waals surface area contributed by atoms with E-state index in [9.17, 15) is 4.79 Å². The summed E-state index contributed by atoms with van der Waals surface area (Å²) in [6.07, 6.45) is 1.53. The highest BCUT2D eigenvalue weighted by atomic mass is 79.9. The number of hydrogen-bond donors (Lipinski definition) is 0. The summed E-state index contributed by atoms with van der Waals surface area (Å²) in [6, 6.07) is 7.50. The molecule has 2 rings (SSSR count). The lowest BCUT2D eigenvalue weighted by Crippen LogP contribution is -2.04. The number of rotatable bonds is 2. The number of benzene rings is 1. The molecule has 0 aliphatic rings. The molecule has 4 heteroatoms. The Morgan fingerprint density at radius 1 is 1.50 bits per heavy atom. The molecule has 2 aromatic rings. The number of carbonyl (C=O) groups excluding carboxylic acids is 1. The SMILES string of the molecule is CCOC(=O)c1cnc2cccc(Br)c2c1. The summed E-state index contributed by atoms with van der Waals surface area (Å²) in [5.74, 6) is -0.340. The van der Waals surface area contributed by atoms with E-state index in [1.54, 1.807) is 13.0 Å². The maximum absolute atomic E-state index is 11.5. The van der Waals surface area contributed by atoms with Crippen molar-refractivity contribution in [2.75, 3.05) is 6.61 Å².